The Hall–Kier alpha value is -3.17. The van der Waals surface area contributed by atoms with E-state index < -0.39 is 11.5 Å². The van der Waals surface area contributed by atoms with Gasteiger partial charge in [0.05, 0.1) is 36.7 Å². The summed E-state index contributed by atoms with van der Waals surface area (Å²) >= 11 is 1.62. The molecule has 1 aromatic carbocycles. The van der Waals surface area contributed by atoms with Crippen LogP contribution in [0, 0.1) is 5.92 Å². The first-order valence-corrected chi connectivity index (χ1v) is 15.6. The Labute approximate surface area is 248 Å². The molecule has 0 saturated carbocycles. The molecule has 5 rings (SSSR count). The molecule has 4 unspecified atom stereocenters. The highest BCUT2D eigenvalue weighted by atomic mass is 32.1. The lowest BCUT2D eigenvalue weighted by Gasteiger charge is -2.42. The third-order valence-corrected chi connectivity index (χ3v) is 10.5. The smallest absolute Gasteiger partial charge is 0.413 e. The highest BCUT2D eigenvalue weighted by Gasteiger charge is 2.52. The minimum absolute atomic E-state index is 0.0496. The van der Waals surface area contributed by atoms with Crippen molar-refractivity contribution in [1.82, 2.24) is 20.1 Å². The summed E-state index contributed by atoms with van der Waals surface area (Å²) in [6.45, 7) is 6.64. The van der Waals surface area contributed by atoms with Gasteiger partial charge in [-0.2, -0.15) is 0 Å². The second-order valence-electron chi connectivity index (χ2n) is 11.6. The van der Waals surface area contributed by atoms with E-state index in [9.17, 15) is 9.59 Å². The van der Waals surface area contributed by atoms with E-state index in [1.54, 1.807) is 22.4 Å². The molecule has 1 N–H and O–H groups in total. The van der Waals surface area contributed by atoms with E-state index in [0.717, 1.165) is 47.9 Å². The monoisotopic (exact) mass is 577 g/mol. The summed E-state index contributed by atoms with van der Waals surface area (Å²) < 4.78 is 5.06. The van der Waals surface area contributed by atoms with Crippen molar-refractivity contribution in [3.63, 3.8) is 0 Å². The van der Waals surface area contributed by atoms with Crippen LogP contribution in [0.25, 0.3) is 0 Å². The Morgan fingerprint density at radius 2 is 1.98 bits per heavy atom. The van der Waals surface area contributed by atoms with Crippen LogP contribution < -0.4 is 10.2 Å². The number of hydrogen-bond donors (Lipinski definition) is 1. The summed E-state index contributed by atoms with van der Waals surface area (Å²) in [5.74, 6) is 0.298. The Balaban J connectivity index is 1.52. The summed E-state index contributed by atoms with van der Waals surface area (Å²) in [5.41, 5.74) is 2.98. The van der Waals surface area contributed by atoms with Crippen molar-refractivity contribution in [3.05, 3.63) is 70.4 Å². The van der Waals surface area contributed by atoms with Gasteiger partial charge in [0.15, 0.2) is 5.13 Å². The maximum Gasteiger partial charge on any atom is 0.413 e. The fourth-order valence-corrected chi connectivity index (χ4v) is 7.84. The number of piperidine rings is 1. The first kappa shape index (κ1) is 29.3. The minimum Gasteiger partial charge on any atom is -0.452 e. The molecular formula is C32H43N5O3S. The molecule has 9 heteroatoms. The second-order valence-corrected chi connectivity index (χ2v) is 12.5. The molecule has 2 fully saturated rings. The third-order valence-electron chi connectivity index (χ3n) is 8.99. The summed E-state index contributed by atoms with van der Waals surface area (Å²) in [6, 6.07) is 10.8. The van der Waals surface area contributed by atoms with E-state index in [2.05, 4.69) is 66.5 Å². The summed E-state index contributed by atoms with van der Waals surface area (Å²) in [7, 11) is 5.34. The summed E-state index contributed by atoms with van der Waals surface area (Å²) in [4.78, 5) is 39.0. The predicted molar refractivity (Wildman–Crippen MR) is 164 cm³/mol. The number of carbonyl (C=O) groups is 2. The van der Waals surface area contributed by atoms with Crippen LogP contribution in [0.5, 0.6) is 0 Å². The maximum absolute atomic E-state index is 14.7. The van der Waals surface area contributed by atoms with Gasteiger partial charge in [0.25, 0.3) is 0 Å². The SMILES string of the molecule is CCC(=CC1CC(c2ccccc2)CCN1C(=O)C1CNCC12C=CN(C(=O)OC)Cc1nc(N(C)C)sc12)CC. The number of anilines is 1. The van der Waals surface area contributed by atoms with E-state index >= 15 is 0 Å². The van der Waals surface area contributed by atoms with Crippen molar-refractivity contribution in [2.75, 3.05) is 45.7 Å². The van der Waals surface area contributed by atoms with E-state index in [1.165, 1.54) is 18.2 Å². The second kappa shape index (κ2) is 12.4. The molecular weight excluding hydrogens is 534 g/mol. The zero-order valence-corrected chi connectivity index (χ0v) is 25.7. The Morgan fingerprint density at radius 1 is 1.22 bits per heavy atom. The van der Waals surface area contributed by atoms with E-state index in [1.807, 2.05) is 19.0 Å². The van der Waals surface area contributed by atoms with Crippen LogP contribution in [0.2, 0.25) is 0 Å². The Bertz CT molecular complexity index is 1300. The van der Waals surface area contributed by atoms with E-state index in [0.29, 0.717) is 25.6 Å². The van der Waals surface area contributed by atoms with Crippen LogP contribution in [0.1, 0.15) is 61.6 Å². The highest BCUT2D eigenvalue weighted by Crippen LogP contribution is 2.47. The number of fused-ring (bicyclic) bond motifs is 2. The molecule has 1 spiro atoms. The van der Waals surface area contributed by atoms with Gasteiger partial charge < -0.3 is 19.9 Å². The number of hydrogen-bond acceptors (Lipinski definition) is 7. The fraction of sp³-hybridized carbons (Fsp3) is 0.531. The normalized spacial score (nSPS) is 25.5. The molecule has 0 aliphatic carbocycles. The largest absolute Gasteiger partial charge is 0.452 e. The average Bonchev–Trinajstić information content (AvgIpc) is 3.59. The number of carbonyl (C=O) groups excluding carboxylic acids is 2. The molecule has 2 amide bonds. The topological polar surface area (TPSA) is 78.0 Å². The fourth-order valence-electron chi connectivity index (χ4n) is 6.62. The highest BCUT2D eigenvalue weighted by molar-refractivity contribution is 7.16. The van der Waals surface area contributed by atoms with Crippen LogP contribution in [0.4, 0.5) is 9.93 Å². The molecule has 8 nitrogen and oxygen atoms in total. The van der Waals surface area contributed by atoms with Crippen molar-refractivity contribution in [1.29, 1.82) is 0 Å². The average molecular weight is 578 g/mol. The molecule has 3 aliphatic heterocycles. The molecule has 220 valence electrons. The number of thiazole rings is 1. The van der Waals surface area contributed by atoms with Crippen molar-refractivity contribution >= 4 is 28.5 Å². The number of aromatic nitrogens is 1. The predicted octanol–water partition coefficient (Wildman–Crippen LogP) is 5.28. The number of likely N-dealkylation sites (tertiary alicyclic amines) is 1. The first-order chi connectivity index (χ1) is 19.8. The van der Waals surface area contributed by atoms with Crippen molar-refractivity contribution in [3.8, 4) is 0 Å². The standard InChI is InChI=1S/C32H43N5O3S/c1-6-22(7-2)17-25-18-24(23-11-9-8-10-12-23)13-15-37(25)29(38)26-19-33-21-32(26)14-16-36(31(39)40-5)20-27-28(32)41-30(34-27)35(3)4/h8-12,14,16-17,24-26,33H,6-7,13,15,18-21H2,1-5H3. The molecule has 0 bridgehead atoms. The number of benzene rings is 1. The van der Waals surface area contributed by atoms with E-state index in [-0.39, 0.29) is 17.9 Å². The molecule has 2 saturated heterocycles. The zero-order valence-electron chi connectivity index (χ0n) is 24.9. The molecule has 4 atom stereocenters. The lowest BCUT2D eigenvalue weighted by Crippen LogP contribution is -2.51. The van der Waals surface area contributed by atoms with Crippen molar-refractivity contribution in [2.45, 2.75) is 63.5 Å². The van der Waals surface area contributed by atoms with Crippen LogP contribution in [0.15, 0.2) is 54.3 Å². The lowest BCUT2D eigenvalue weighted by molar-refractivity contribution is -0.139. The number of allylic oxidation sites excluding steroid dienone is 1. The van der Waals surface area contributed by atoms with E-state index in [4.69, 9.17) is 9.72 Å². The van der Waals surface area contributed by atoms with Gasteiger partial charge in [0, 0.05) is 44.8 Å². The molecule has 0 radical (unpaired) electrons. The van der Waals surface area contributed by atoms with Crippen molar-refractivity contribution < 1.29 is 14.3 Å². The lowest BCUT2D eigenvalue weighted by atomic mass is 9.74. The number of ether oxygens (including phenoxy) is 1. The molecule has 4 heterocycles. The first-order valence-electron chi connectivity index (χ1n) is 14.8. The van der Waals surface area contributed by atoms with Gasteiger partial charge in [-0.1, -0.05) is 61.9 Å². The minimum atomic E-state index is -0.593. The molecule has 2 aromatic rings. The van der Waals surface area contributed by atoms with Crippen LogP contribution in [0.3, 0.4) is 0 Å². The van der Waals surface area contributed by atoms with Crippen LogP contribution in [-0.4, -0.2) is 73.7 Å². The molecule has 3 aliphatic rings. The Kier molecular flexibility index (Phi) is 8.85. The third kappa shape index (κ3) is 5.66. The quantitative estimate of drug-likeness (QED) is 0.471. The maximum atomic E-state index is 14.7. The summed E-state index contributed by atoms with van der Waals surface area (Å²) in [6.07, 6.45) is 9.64. The zero-order chi connectivity index (χ0) is 29.1. The van der Waals surface area contributed by atoms with Gasteiger partial charge in [-0.25, -0.2) is 9.78 Å². The van der Waals surface area contributed by atoms with Gasteiger partial charge in [0.2, 0.25) is 5.91 Å². The van der Waals surface area contributed by atoms with Gasteiger partial charge in [-0.05, 0) is 37.2 Å². The van der Waals surface area contributed by atoms with Gasteiger partial charge in [0.1, 0.15) is 0 Å². The Morgan fingerprint density at radius 3 is 2.66 bits per heavy atom. The summed E-state index contributed by atoms with van der Waals surface area (Å²) in [5, 5.41) is 4.42. The van der Waals surface area contributed by atoms with Crippen molar-refractivity contribution in [2.24, 2.45) is 5.92 Å². The number of nitrogens with zero attached hydrogens (tertiary/aromatic N) is 4. The number of nitrogens with one attached hydrogen (secondary N) is 1. The van der Waals surface area contributed by atoms with Gasteiger partial charge in [-0.3, -0.25) is 9.69 Å². The van der Waals surface area contributed by atoms with Crippen LogP contribution in [-0.2, 0) is 21.5 Å². The number of rotatable bonds is 6. The molecule has 41 heavy (non-hydrogen) atoms. The van der Waals surface area contributed by atoms with Gasteiger partial charge >= 0.3 is 6.09 Å². The molecule has 1 aromatic heterocycles. The van der Waals surface area contributed by atoms with Gasteiger partial charge in [-0.15, -0.1) is 11.3 Å². The number of methoxy groups -OCH3 is 1. The van der Waals surface area contributed by atoms with Crippen LogP contribution >= 0.6 is 11.3 Å². The number of amides is 2.